The molecule has 2 heterocycles. The highest BCUT2D eigenvalue weighted by Crippen LogP contribution is 2.25. The fourth-order valence-corrected chi connectivity index (χ4v) is 3.75. The van der Waals surface area contributed by atoms with E-state index in [0.717, 1.165) is 5.69 Å². The number of ether oxygens (including phenoxy) is 1. The summed E-state index contributed by atoms with van der Waals surface area (Å²) in [6.07, 6.45) is 0.192. The number of hydrogen-bond donors (Lipinski definition) is 2. The topological polar surface area (TPSA) is 83.6 Å². The molecule has 0 bridgehead atoms. The number of hydrogen-bond acceptors (Lipinski definition) is 6. The van der Waals surface area contributed by atoms with E-state index in [1.165, 1.54) is 11.3 Å². The molecular weight excluding hydrogens is 352 g/mol. The van der Waals surface area contributed by atoms with Crippen LogP contribution in [0.4, 0.5) is 10.8 Å². The average Bonchev–Trinajstić information content (AvgIpc) is 3.03. The van der Waals surface area contributed by atoms with E-state index < -0.39 is 0 Å². The number of nitrogens with zero attached hydrogens (tertiary/aromatic N) is 2. The summed E-state index contributed by atoms with van der Waals surface area (Å²) in [6, 6.07) is 8.99. The Balaban J connectivity index is 1.70. The molecule has 7 nitrogen and oxygen atoms in total. The number of aromatic nitrogens is 1. The lowest BCUT2D eigenvalue weighted by Crippen LogP contribution is -2.50. The molecule has 0 spiro atoms. The number of carbonyl (C=O) groups excluding carboxylic acids is 2. The zero-order valence-electron chi connectivity index (χ0n) is 14.8. The van der Waals surface area contributed by atoms with Gasteiger partial charge in [0.2, 0.25) is 5.91 Å². The van der Waals surface area contributed by atoms with Crippen LogP contribution in [0, 0.1) is 6.92 Å². The number of morpholine rings is 1. The maximum atomic E-state index is 13.0. The lowest BCUT2D eigenvalue weighted by atomic mass is 10.1. The molecule has 1 aliphatic rings. The van der Waals surface area contributed by atoms with Crippen molar-refractivity contribution in [1.82, 2.24) is 9.88 Å². The molecule has 2 amide bonds. The minimum atomic E-state index is -0.292. The second-order valence-corrected chi connectivity index (χ2v) is 7.03. The molecule has 0 aliphatic carbocycles. The van der Waals surface area contributed by atoms with Gasteiger partial charge < -0.3 is 20.3 Å². The second-order valence-electron chi connectivity index (χ2n) is 6.03. The average molecular weight is 374 g/mol. The SMILES string of the molecule is CNc1nc(C)c(C(=O)N2CCOC[C@@H]2CC(=O)Nc2ccccc2)s1. The number of para-hydroxylation sites is 1. The van der Waals surface area contributed by atoms with E-state index in [1.54, 1.807) is 11.9 Å². The maximum absolute atomic E-state index is 13.0. The molecule has 1 atom stereocenters. The van der Waals surface area contributed by atoms with Gasteiger partial charge in [0.1, 0.15) is 4.88 Å². The van der Waals surface area contributed by atoms with Crippen molar-refractivity contribution in [3.05, 3.63) is 40.9 Å². The van der Waals surface area contributed by atoms with Gasteiger partial charge in [-0.1, -0.05) is 29.5 Å². The van der Waals surface area contributed by atoms with Crippen LogP contribution in [-0.2, 0) is 9.53 Å². The van der Waals surface area contributed by atoms with Crippen LogP contribution in [0.1, 0.15) is 21.8 Å². The molecule has 2 N–H and O–H groups in total. The van der Waals surface area contributed by atoms with E-state index in [4.69, 9.17) is 4.74 Å². The van der Waals surface area contributed by atoms with Gasteiger partial charge >= 0.3 is 0 Å². The first-order chi connectivity index (χ1) is 12.6. The zero-order valence-corrected chi connectivity index (χ0v) is 15.6. The third-order valence-corrected chi connectivity index (χ3v) is 5.33. The van der Waals surface area contributed by atoms with Crippen LogP contribution < -0.4 is 10.6 Å². The van der Waals surface area contributed by atoms with Crippen molar-refractivity contribution in [2.75, 3.05) is 37.4 Å². The summed E-state index contributed by atoms with van der Waals surface area (Å²) in [7, 11) is 1.78. The van der Waals surface area contributed by atoms with Gasteiger partial charge in [-0.3, -0.25) is 9.59 Å². The number of aryl methyl sites for hydroxylation is 1. The highest BCUT2D eigenvalue weighted by atomic mass is 32.1. The summed E-state index contributed by atoms with van der Waals surface area (Å²) in [5.41, 5.74) is 1.44. The van der Waals surface area contributed by atoms with Crippen LogP contribution in [0.15, 0.2) is 30.3 Å². The van der Waals surface area contributed by atoms with Crippen molar-refractivity contribution < 1.29 is 14.3 Å². The van der Waals surface area contributed by atoms with E-state index >= 15 is 0 Å². The Morgan fingerprint density at radius 3 is 2.81 bits per heavy atom. The van der Waals surface area contributed by atoms with Crippen LogP contribution in [0.3, 0.4) is 0 Å². The fourth-order valence-electron chi connectivity index (χ4n) is 2.87. The Kier molecular flexibility index (Phi) is 5.85. The van der Waals surface area contributed by atoms with E-state index in [2.05, 4.69) is 15.6 Å². The van der Waals surface area contributed by atoms with Crippen LogP contribution in [0.2, 0.25) is 0 Å². The molecule has 0 saturated carbocycles. The molecule has 2 aromatic rings. The third-order valence-electron chi connectivity index (χ3n) is 4.17. The second kappa shape index (κ2) is 8.29. The number of rotatable bonds is 5. The first kappa shape index (κ1) is 18.3. The number of benzene rings is 1. The van der Waals surface area contributed by atoms with Crippen LogP contribution >= 0.6 is 11.3 Å². The van der Waals surface area contributed by atoms with Gasteiger partial charge in [-0.2, -0.15) is 0 Å². The highest BCUT2D eigenvalue weighted by Gasteiger charge is 2.31. The summed E-state index contributed by atoms with van der Waals surface area (Å²) in [5.74, 6) is -0.233. The van der Waals surface area contributed by atoms with E-state index in [9.17, 15) is 9.59 Å². The molecule has 3 rings (SSSR count). The number of anilines is 2. The standard InChI is InChI=1S/C18H22N4O3S/c1-12-16(26-18(19-2)20-12)17(24)22-8-9-25-11-14(22)10-15(23)21-13-6-4-3-5-7-13/h3-7,14H,8-11H2,1-2H3,(H,19,20)(H,21,23)/t14-/m0/s1. The molecule has 138 valence electrons. The monoisotopic (exact) mass is 374 g/mol. The van der Waals surface area contributed by atoms with Gasteiger partial charge in [-0.15, -0.1) is 0 Å². The quantitative estimate of drug-likeness (QED) is 0.839. The number of carbonyl (C=O) groups is 2. The summed E-state index contributed by atoms with van der Waals surface area (Å²) < 4.78 is 5.51. The smallest absolute Gasteiger partial charge is 0.266 e. The van der Waals surface area contributed by atoms with Crippen molar-refractivity contribution in [3.8, 4) is 0 Å². The first-order valence-electron chi connectivity index (χ1n) is 8.47. The summed E-state index contributed by atoms with van der Waals surface area (Å²) in [6.45, 7) is 3.11. The lowest BCUT2D eigenvalue weighted by Gasteiger charge is -2.35. The van der Waals surface area contributed by atoms with Gasteiger partial charge in [0.15, 0.2) is 5.13 Å². The number of thiazole rings is 1. The molecule has 26 heavy (non-hydrogen) atoms. The Bertz CT molecular complexity index is 778. The number of amides is 2. The maximum Gasteiger partial charge on any atom is 0.266 e. The molecule has 0 radical (unpaired) electrons. The Morgan fingerprint density at radius 1 is 1.35 bits per heavy atom. The van der Waals surface area contributed by atoms with Gasteiger partial charge in [0, 0.05) is 25.7 Å². The van der Waals surface area contributed by atoms with Gasteiger partial charge in [0.25, 0.3) is 5.91 Å². The minimum absolute atomic E-state index is 0.0951. The Labute approximate surface area is 156 Å². The van der Waals surface area contributed by atoms with Crippen molar-refractivity contribution in [1.29, 1.82) is 0 Å². The van der Waals surface area contributed by atoms with Gasteiger partial charge in [-0.05, 0) is 19.1 Å². The minimum Gasteiger partial charge on any atom is -0.377 e. The van der Waals surface area contributed by atoms with Crippen molar-refractivity contribution in [2.24, 2.45) is 0 Å². The Morgan fingerprint density at radius 2 is 2.12 bits per heavy atom. The molecular formula is C18H22N4O3S. The molecule has 0 unspecified atom stereocenters. The molecule has 8 heteroatoms. The Hall–Kier alpha value is -2.45. The number of nitrogens with one attached hydrogen (secondary N) is 2. The molecule has 1 fully saturated rings. The van der Waals surface area contributed by atoms with Gasteiger partial charge in [-0.25, -0.2) is 4.98 Å². The molecule has 1 saturated heterocycles. The van der Waals surface area contributed by atoms with E-state index in [-0.39, 0.29) is 24.3 Å². The lowest BCUT2D eigenvalue weighted by molar-refractivity contribution is -0.118. The van der Waals surface area contributed by atoms with Crippen molar-refractivity contribution >= 4 is 34.0 Å². The van der Waals surface area contributed by atoms with Crippen molar-refractivity contribution in [2.45, 2.75) is 19.4 Å². The summed E-state index contributed by atoms with van der Waals surface area (Å²) in [5, 5.41) is 6.53. The zero-order chi connectivity index (χ0) is 18.5. The van der Waals surface area contributed by atoms with Crippen molar-refractivity contribution in [3.63, 3.8) is 0 Å². The molecule has 1 aromatic heterocycles. The van der Waals surface area contributed by atoms with Crippen LogP contribution in [0.5, 0.6) is 0 Å². The normalized spacial score (nSPS) is 17.0. The van der Waals surface area contributed by atoms with Gasteiger partial charge in [0.05, 0.1) is 24.9 Å². The molecule has 1 aromatic carbocycles. The highest BCUT2D eigenvalue weighted by molar-refractivity contribution is 7.17. The fraction of sp³-hybridized carbons (Fsp3) is 0.389. The largest absolute Gasteiger partial charge is 0.377 e. The predicted octanol–water partition coefficient (Wildman–Crippen LogP) is 2.36. The predicted molar refractivity (Wildman–Crippen MR) is 102 cm³/mol. The first-order valence-corrected chi connectivity index (χ1v) is 9.29. The van der Waals surface area contributed by atoms with Crippen LogP contribution in [-0.4, -0.2) is 54.5 Å². The van der Waals surface area contributed by atoms with Crippen LogP contribution in [0.25, 0.3) is 0 Å². The van der Waals surface area contributed by atoms with E-state index in [0.29, 0.717) is 35.5 Å². The summed E-state index contributed by atoms with van der Waals surface area (Å²) >= 11 is 1.33. The molecule has 1 aliphatic heterocycles. The summed E-state index contributed by atoms with van der Waals surface area (Å²) in [4.78, 5) is 32.0. The third kappa shape index (κ3) is 4.20. The van der Waals surface area contributed by atoms with E-state index in [1.807, 2.05) is 37.3 Å².